The zero-order chi connectivity index (χ0) is 15.7. The van der Waals surface area contributed by atoms with Crippen LogP contribution in [0.25, 0.3) is 0 Å². The van der Waals surface area contributed by atoms with E-state index < -0.39 is 4.92 Å². The highest BCUT2D eigenvalue weighted by Gasteiger charge is 2.32. The molecule has 0 saturated carbocycles. The monoisotopic (exact) mass is 339 g/mol. The second-order valence-corrected chi connectivity index (χ2v) is 6.30. The van der Waals surface area contributed by atoms with Crippen LogP contribution in [-0.4, -0.2) is 41.9 Å². The number of likely N-dealkylation sites (tertiary alicyclic amines) is 1. The number of hydrogen-bond acceptors (Lipinski definition) is 4. The first-order valence-corrected chi connectivity index (χ1v) is 7.81. The van der Waals surface area contributed by atoms with Gasteiger partial charge in [0.15, 0.2) is 0 Å². The molecule has 0 aromatic heterocycles. The lowest BCUT2D eigenvalue weighted by molar-refractivity contribution is -0.384. The molecule has 2 aliphatic heterocycles. The van der Waals surface area contributed by atoms with Crippen molar-refractivity contribution in [3.05, 3.63) is 39.4 Å². The van der Waals surface area contributed by atoms with Gasteiger partial charge in [0.25, 0.3) is 11.6 Å². The Kier molecular flexibility index (Phi) is 5.59. The van der Waals surface area contributed by atoms with Crippen LogP contribution in [0.2, 0.25) is 0 Å². The zero-order valence-electron chi connectivity index (χ0n) is 13.2. The van der Waals surface area contributed by atoms with Crippen LogP contribution in [0, 0.1) is 28.9 Å². The topological polar surface area (TPSA) is 75.5 Å². The number of rotatable bonds is 2. The van der Waals surface area contributed by atoms with Crippen LogP contribution in [0.3, 0.4) is 0 Å². The molecule has 2 heterocycles. The third-order valence-corrected chi connectivity index (χ3v) is 4.97. The van der Waals surface area contributed by atoms with Crippen LogP contribution in [0.15, 0.2) is 18.2 Å². The number of fused-ring (bicyclic) bond motifs is 1. The summed E-state index contributed by atoms with van der Waals surface area (Å²) in [5.74, 6) is 1.24. The minimum absolute atomic E-state index is 0. The second-order valence-electron chi connectivity index (χ2n) is 6.30. The Morgan fingerprint density at radius 2 is 1.87 bits per heavy atom. The highest BCUT2D eigenvalue weighted by atomic mass is 35.5. The predicted molar refractivity (Wildman–Crippen MR) is 90.1 cm³/mol. The van der Waals surface area contributed by atoms with E-state index in [4.69, 9.17) is 0 Å². The molecular formula is C16H22ClN3O3. The molecule has 0 unspecified atom stereocenters. The van der Waals surface area contributed by atoms with Crippen LogP contribution in [0.4, 0.5) is 5.69 Å². The first kappa shape index (κ1) is 17.7. The Morgan fingerprint density at radius 3 is 2.43 bits per heavy atom. The molecule has 0 bridgehead atoms. The number of amides is 1. The zero-order valence-corrected chi connectivity index (χ0v) is 14.0. The number of nitrogens with one attached hydrogen (secondary N) is 1. The van der Waals surface area contributed by atoms with Crippen LogP contribution >= 0.6 is 12.4 Å². The minimum Gasteiger partial charge on any atom is -0.339 e. The van der Waals surface area contributed by atoms with Gasteiger partial charge < -0.3 is 10.2 Å². The Morgan fingerprint density at radius 1 is 1.26 bits per heavy atom. The summed E-state index contributed by atoms with van der Waals surface area (Å²) >= 11 is 0. The van der Waals surface area contributed by atoms with Crippen molar-refractivity contribution in [3.8, 4) is 0 Å². The molecule has 1 N–H and O–H groups in total. The average Bonchev–Trinajstić information content (AvgIpc) is 2.85. The van der Waals surface area contributed by atoms with E-state index >= 15 is 0 Å². The highest BCUT2D eigenvalue weighted by Crippen LogP contribution is 2.28. The maximum absolute atomic E-state index is 12.8. The molecule has 1 aromatic carbocycles. The molecule has 23 heavy (non-hydrogen) atoms. The van der Waals surface area contributed by atoms with Gasteiger partial charge >= 0.3 is 0 Å². The molecule has 0 radical (unpaired) electrons. The van der Waals surface area contributed by atoms with Crippen LogP contribution in [0.5, 0.6) is 0 Å². The summed E-state index contributed by atoms with van der Waals surface area (Å²) in [6.07, 6.45) is 2.02. The van der Waals surface area contributed by atoms with Crippen molar-refractivity contribution in [2.75, 3.05) is 26.2 Å². The SMILES string of the molecule is Cc1ccc([N+](=O)[O-])cc1C(=O)N1CC[C@@H]2CNC[C@@H]2CC1.Cl. The number of halogens is 1. The summed E-state index contributed by atoms with van der Waals surface area (Å²) in [7, 11) is 0. The lowest BCUT2D eigenvalue weighted by Crippen LogP contribution is -2.33. The number of carbonyl (C=O) groups excluding carboxylic acids is 1. The average molecular weight is 340 g/mol. The molecule has 0 spiro atoms. The molecule has 7 heteroatoms. The molecule has 1 aromatic rings. The standard InChI is InChI=1S/C16H21N3O3.ClH/c1-11-2-3-14(19(21)22)8-15(11)16(20)18-6-4-12-9-17-10-13(12)5-7-18;/h2-3,8,12-13,17H,4-7,9-10H2,1H3;1H/t12-,13+;. The third kappa shape index (κ3) is 3.64. The van der Waals surface area contributed by atoms with Crippen molar-refractivity contribution >= 4 is 24.0 Å². The van der Waals surface area contributed by atoms with Gasteiger partial charge in [0.2, 0.25) is 0 Å². The van der Waals surface area contributed by atoms with Crippen molar-refractivity contribution in [3.63, 3.8) is 0 Å². The fourth-order valence-electron chi connectivity index (χ4n) is 3.55. The van der Waals surface area contributed by atoms with Crippen molar-refractivity contribution in [2.24, 2.45) is 11.8 Å². The van der Waals surface area contributed by atoms with Gasteiger partial charge in [-0.05, 0) is 50.3 Å². The Hall–Kier alpha value is -1.66. The quantitative estimate of drug-likeness (QED) is 0.663. The number of aryl methyl sites for hydroxylation is 1. The molecule has 2 saturated heterocycles. The summed E-state index contributed by atoms with van der Waals surface area (Å²) in [6.45, 7) is 5.39. The Bertz CT molecular complexity index is 594. The molecule has 6 nitrogen and oxygen atoms in total. The van der Waals surface area contributed by atoms with Crippen LogP contribution < -0.4 is 5.32 Å². The van der Waals surface area contributed by atoms with E-state index in [1.165, 1.54) is 12.1 Å². The smallest absolute Gasteiger partial charge is 0.270 e. The fraction of sp³-hybridized carbons (Fsp3) is 0.562. The highest BCUT2D eigenvalue weighted by molar-refractivity contribution is 5.96. The number of nitro groups is 1. The van der Waals surface area contributed by atoms with Crippen molar-refractivity contribution in [1.82, 2.24) is 10.2 Å². The van der Waals surface area contributed by atoms with Gasteiger partial charge in [0.1, 0.15) is 0 Å². The second kappa shape index (κ2) is 7.27. The third-order valence-electron chi connectivity index (χ3n) is 4.97. The van der Waals surface area contributed by atoms with Gasteiger partial charge in [-0.1, -0.05) is 6.07 Å². The van der Waals surface area contributed by atoms with Gasteiger partial charge in [-0.3, -0.25) is 14.9 Å². The molecular weight excluding hydrogens is 318 g/mol. The van der Waals surface area contributed by atoms with Gasteiger partial charge in [0, 0.05) is 30.8 Å². The summed E-state index contributed by atoms with van der Waals surface area (Å²) in [6, 6.07) is 4.51. The number of hydrogen-bond donors (Lipinski definition) is 1. The first-order valence-electron chi connectivity index (χ1n) is 7.81. The molecule has 2 fully saturated rings. The van der Waals surface area contributed by atoms with Crippen molar-refractivity contribution in [2.45, 2.75) is 19.8 Å². The Labute approximate surface area is 141 Å². The first-order chi connectivity index (χ1) is 10.6. The van der Waals surface area contributed by atoms with Crippen molar-refractivity contribution < 1.29 is 9.72 Å². The normalized spacial score (nSPS) is 23.6. The number of carbonyl (C=O) groups is 1. The maximum Gasteiger partial charge on any atom is 0.270 e. The molecule has 2 atom stereocenters. The van der Waals surface area contributed by atoms with Gasteiger partial charge in [-0.25, -0.2) is 0 Å². The fourth-order valence-corrected chi connectivity index (χ4v) is 3.55. The molecule has 2 aliphatic rings. The molecule has 0 aliphatic carbocycles. The van der Waals surface area contributed by atoms with Gasteiger partial charge in [-0.15, -0.1) is 12.4 Å². The number of nitrogens with zero attached hydrogens (tertiary/aromatic N) is 2. The van der Waals surface area contributed by atoms with E-state index in [-0.39, 0.29) is 24.0 Å². The summed E-state index contributed by atoms with van der Waals surface area (Å²) in [5, 5.41) is 14.3. The molecule has 3 rings (SSSR count). The minimum atomic E-state index is -0.450. The summed E-state index contributed by atoms with van der Waals surface area (Å²) in [4.78, 5) is 25.1. The Balaban J connectivity index is 0.00000192. The van der Waals surface area contributed by atoms with E-state index in [1.807, 2.05) is 11.8 Å². The van der Waals surface area contributed by atoms with Crippen LogP contribution in [0.1, 0.15) is 28.8 Å². The van der Waals surface area contributed by atoms with E-state index in [1.54, 1.807) is 6.07 Å². The van der Waals surface area contributed by atoms with Crippen molar-refractivity contribution in [1.29, 1.82) is 0 Å². The van der Waals surface area contributed by atoms with E-state index in [0.717, 1.165) is 44.6 Å². The number of benzene rings is 1. The maximum atomic E-state index is 12.8. The van der Waals surface area contributed by atoms with Crippen LogP contribution in [-0.2, 0) is 0 Å². The number of nitro benzene ring substituents is 1. The van der Waals surface area contributed by atoms with E-state index in [9.17, 15) is 14.9 Å². The van der Waals surface area contributed by atoms with Gasteiger partial charge in [-0.2, -0.15) is 0 Å². The number of non-ortho nitro benzene ring substituents is 1. The summed E-state index contributed by atoms with van der Waals surface area (Å²) in [5.41, 5.74) is 1.23. The predicted octanol–water partition coefficient (Wildman–Crippen LogP) is 2.40. The molecule has 126 valence electrons. The largest absolute Gasteiger partial charge is 0.339 e. The molecule has 1 amide bonds. The lowest BCUT2D eigenvalue weighted by atomic mass is 9.92. The van der Waals surface area contributed by atoms with E-state index in [0.29, 0.717) is 17.4 Å². The van der Waals surface area contributed by atoms with Gasteiger partial charge in [0.05, 0.1) is 4.92 Å². The lowest BCUT2D eigenvalue weighted by Gasteiger charge is -2.21. The van der Waals surface area contributed by atoms with E-state index in [2.05, 4.69) is 5.32 Å². The summed E-state index contributed by atoms with van der Waals surface area (Å²) < 4.78 is 0.